The number of carboxylic acid groups (broad SMARTS) is 1. The third kappa shape index (κ3) is 6.70. The minimum atomic E-state index is -5.19. The Hall–Kier alpha value is -3.44. The molecule has 0 aromatic heterocycles. The van der Waals surface area contributed by atoms with Gasteiger partial charge in [-0.25, -0.2) is 4.79 Å². The summed E-state index contributed by atoms with van der Waals surface area (Å²) >= 11 is 0. The number of halogens is 3. The largest absolute Gasteiger partial charge is 0.542 e. The summed E-state index contributed by atoms with van der Waals surface area (Å²) in [5.74, 6) is -3.35. The van der Waals surface area contributed by atoms with Gasteiger partial charge in [0.25, 0.3) is 5.91 Å². The van der Waals surface area contributed by atoms with Crippen LogP contribution in [-0.2, 0) is 24.7 Å². The van der Waals surface area contributed by atoms with Crippen molar-refractivity contribution in [2.24, 2.45) is 5.92 Å². The van der Waals surface area contributed by atoms with E-state index in [1.165, 1.54) is 0 Å². The van der Waals surface area contributed by atoms with Gasteiger partial charge >= 0.3 is 12.1 Å². The number of piperidine rings is 3. The zero-order valence-corrected chi connectivity index (χ0v) is 20.9. The van der Waals surface area contributed by atoms with Gasteiger partial charge < -0.3 is 29.5 Å². The Labute approximate surface area is 218 Å². The third-order valence-corrected chi connectivity index (χ3v) is 7.06. The molecule has 0 saturated carbocycles. The lowest BCUT2D eigenvalue weighted by Gasteiger charge is -2.51. The minimum absolute atomic E-state index is 0.0398. The Balaban J connectivity index is 0.000000505. The van der Waals surface area contributed by atoms with E-state index in [1.807, 2.05) is 19.1 Å². The van der Waals surface area contributed by atoms with Crippen LogP contribution in [0.25, 0.3) is 0 Å². The van der Waals surface area contributed by atoms with Crippen molar-refractivity contribution >= 4 is 17.8 Å². The summed E-state index contributed by atoms with van der Waals surface area (Å²) in [5, 5.41) is 23.3. The van der Waals surface area contributed by atoms with Gasteiger partial charge in [-0.15, -0.1) is 0 Å². The normalized spacial score (nSPS) is 22.6. The minimum Gasteiger partial charge on any atom is -0.542 e. The SMILES string of the molecule is CCNC(=O)C[N+]12CCC(CC1)[C@@H](OC(=O)C(O)(c1ccccc1)c1ccccc1)C2.O=C([O-])C(F)(F)F. The summed E-state index contributed by atoms with van der Waals surface area (Å²) in [5.41, 5.74) is -0.906. The molecule has 0 aliphatic carbocycles. The summed E-state index contributed by atoms with van der Waals surface area (Å²) < 4.78 is 38.2. The fourth-order valence-corrected chi connectivity index (χ4v) is 5.12. The van der Waals surface area contributed by atoms with Crippen molar-refractivity contribution in [2.45, 2.75) is 37.6 Å². The van der Waals surface area contributed by atoms with Gasteiger partial charge in [0.1, 0.15) is 12.5 Å². The number of amides is 1. The highest BCUT2D eigenvalue weighted by atomic mass is 19.4. The number of nitrogens with one attached hydrogen (secondary N) is 1. The molecule has 0 spiro atoms. The van der Waals surface area contributed by atoms with Crippen molar-refractivity contribution in [3.63, 3.8) is 0 Å². The van der Waals surface area contributed by atoms with Gasteiger partial charge in [-0.1, -0.05) is 60.7 Å². The number of carbonyl (C=O) groups is 3. The Morgan fingerprint density at radius 3 is 1.89 bits per heavy atom. The summed E-state index contributed by atoms with van der Waals surface area (Å²) in [4.78, 5) is 34.5. The first-order valence-electron chi connectivity index (χ1n) is 12.4. The Morgan fingerprint density at radius 1 is 1.00 bits per heavy atom. The lowest BCUT2D eigenvalue weighted by Crippen LogP contribution is -2.67. The standard InChI is InChI=1S/C25H30N2O4.C2HF3O2/c1-2-26-23(28)18-27-15-13-19(14-16-27)22(17-27)31-24(29)25(30,20-9-5-3-6-10-20)21-11-7-4-8-12-21;3-2(4,5)1(6)7/h3-12,19,22,30H,2,13-18H2,1H3;(H,6,7)/t19?,22-,27?;/m0./s1. The van der Waals surface area contributed by atoms with Gasteiger partial charge in [0.2, 0.25) is 5.60 Å². The van der Waals surface area contributed by atoms with Crippen LogP contribution in [0.3, 0.4) is 0 Å². The molecule has 3 aliphatic rings. The number of quaternary nitrogens is 1. The van der Waals surface area contributed by atoms with Gasteiger partial charge in [0, 0.05) is 25.3 Å². The lowest BCUT2D eigenvalue weighted by molar-refractivity contribution is -0.939. The first-order chi connectivity index (χ1) is 17.9. The molecule has 0 unspecified atom stereocenters. The highest BCUT2D eigenvalue weighted by Crippen LogP contribution is 2.38. The second-order valence-electron chi connectivity index (χ2n) is 9.59. The molecular weight excluding hydrogens is 505 g/mol. The summed E-state index contributed by atoms with van der Waals surface area (Å²) in [6.07, 6.45) is -3.65. The average Bonchev–Trinajstić information content (AvgIpc) is 2.89. The molecule has 1 atom stereocenters. The molecule has 1 amide bonds. The topological polar surface area (TPSA) is 116 Å². The van der Waals surface area contributed by atoms with Crippen molar-refractivity contribution in [1.82, 2.24) is 5.32 Å². The van der Waals surface area contributed by atoms with Crippen LogP contribution in [0.4, 0.5) is 13.2 Å². The van der Waals surface area contributed by atoms with Gasteiger partial charge in [-0.05, 0) is 18.1 Å². The number of hydrogen-bond donors (Lipinski definition) is 2. The fourth-order valence-electron chi connectivity index (χ4n) is 5.12. The smallest absolute Gasteiger partial charge is 0.430 e. The number of aliphatic hydroxyl groups is 1. The number of likely N-dealkylation sites (N-methyl/N-ethyl adjacent to an activating group) is 1. The van der Waals surface area contributed by atoms with Crippen molar-refractivity contribution < 1.29 is 47.0 Å². The molecule has 2 N–H and O–H groups in total. The molecule has 38 heavy (non-hydrogen) atoms. The van der Waals surface area contributed by atoms with Crippen LogP contribution < -0.4 is 10.4 Å². The van der Waals surface area contributed by atoms with Gasteiger partial charge in [-0.2, -0.15) is 13.2 Å². The highest BCUT2D eigenvalue weighted by Gasteiger charge is 2.51. The summed E-state index contributed by atoms with van der Waals surface area (Å²) in [6.45, 7) is 5.42. The maximum absolute atomic E-state index is 13.5. The first kappa shape index (κ1) is 29.1. The van der Waals surface area contributed by atoms with Crippen LogP contribution in [0.2, 0.25) is 0 Å². The van der Waals surface area contributed by atoms with Crippen LogP contribution in [0.5, 0.6) is 0 Å². The summed E-state index contributed by atoms with van der Waals surface area (Å²) in [7, 11) is 0. The zero-order chi connectivity index (χ0) is 28.0. The fraction of sp³-hybridized carbons (Fsp3) is 0.444. The maximum Gasteiger partial charge on any atom is 0.430 e. The van der Waals surface area contributed by atoms with Crippen molar-refractivity contribution in [1.29, 1.82) is 0 Å². The molecule has 3 fully saturated rings. The highest BCUT2D eigenvalue weighted by molar-refractivity contribution is 5.85. The number of carboxylic acids is 1. The van der Waals surface area contributed by atoms with E-state index >= 15 is 0 Å². The number of alkyl halides is 3. The van der Waals surface area contributed by atoms with E-state index in [-0.39, 0.29) is 17.9 Å². The van der Waals surface area contributed by atoms with Crippen molar-refractivity contribution in [2.75, 3.05) is 32.7 Å². The molecule has 206 valence electrons. The number of ether oxygens (including phenoxy) is 1. The third-order valence-electron chi connectivity index (χ3n) is 7.06. The number of esters is 1. The van der Waals surface area contributed by atoms with Crippen molar-refractivity contribution in [3.05, 3.63) is 71.8 Å². The first-order valence-corrected chi connectivity index (χ1v) is 12.4. The molecule has 8 nitrogen and oxygen atoms in total. The molecule has 3 saturated heterocycles. The van der Waals surface area contributed by atoms with E-state index in [2.05, 4.69) is 5.32 Å². The van der Waals surface area contributed by atoms with E-state index < -0.39 is 23.7 Å². The van der Waals surface area contributed by atoms with Crippen LogP contribution in [0.1, 0.15) is 30.9 Å². The molecule has 3 heterocycles. The molecule has 0 radical (unpaired) electrons. The Kier molecular flexibility index (Phi) is 9.16. The van der Waals surface area contributed by atoms with E-state index in [0.29, 0.717) is 35.2 Å². The van der Waals surface area contributed by atoms with Crippen molar-refractivity contribution in [3.8, 4) is 0 Å². The molecular formula is C27H31F3N2O6. The quantitative estimate of drug-likeness (QED) is 0.410. The lowest BCUT2D eigenvalue weighted by atomic mass is 9.82. The zero-order valence-electron chi connectivity index (χ0n) is 20.9. The number of carbonyl (C=O) groups excluding carboxylic acids is 3. The van der Waals surface area contributed by atoms with Crippen LogP contribution in [0, 0.1) is 5.92 Å². The number of benzene rings is 2. The number of rotatable bonds is 7. The predicted octanol–water partition coefficient (Wildman–Crippen LogP) is 1.51. The van der Waals surface area contributed by atoms with Gasteiger partial charge in [0.15, 0.2) is 12.6 Å². The van der Waals surface area contributed by atoms with E-state index in [0.717, 1.165) is 25.9 Å². The van der Waals surface area contributed by atoms with E-state index in [9.17, 15) is 27.9 Å². The molecule has 2 aromatic carbocycles. The maximum atomic E-state index is 13.5. The molecule has 11 heteroatoms. The Bertz CT molecular complexity index is 1060. The number of hydrogen-bond acceptors (Lipinski definition) is 6. The van der Waals surface area contributed by atoms with E-state index in [1.54, 1.807) is 48.5 Å². The van der Waals surface area contributed by atoms with Crippen LogP contribution in [0.15, 0.2) is 60.7 Å². The molecule has 3 aliphatic heterocycles. The number of fused-ring (bicyclic) bond motifs is 3. The molecule has 2 bridgehead atoms. The summed E-state index contributed by atoms with van der Waals surface area (Å²) in [6, 6.07) is 17.9. The Morgan fingerprint density at radius 2 is 1.47 bits per heavy atom. The number of nitrogens with zero attached hydrogens (tertiary/aromatic N) is 1. The van der Waals surface area contributed by atoms with Gasteiger partial charge in [-0.3, -0.25) is 4.79 Å². The number of aliphatic carboxylic acids is 1. The van der Waals surface area contributed by atoms with E-state index in [4.69, 9.17) is 14.6 Å². The monoisotopic (exact) mass is 536 g/mol. The van der Waals surface area contributed by atoms with Crippen LogP contribution >= 0.6 is 0 Å². The van der Waals surface area contributed by atoms with Gasteiger partial charge in [0.05, 0.1) is 13.1 Å². The molecule has 2 aromatic rings. The van der Waals surface area contributed by atoms with Crippen LogP contribution in [-0.4, -0.2) is 72.4 Å². The molecule has 5 rings (SSSR count). The second kappa shape index (κ2) is 12.0. The second-order valence-corrected chi connectivity index (χ2v) is 9.59. The average molecular weight is 537 g/mol. The predicted molar refractivity (Wildman–Crippen MR) is 128 cm³/mol.